The molecule has 2 aliphatic carbocycles. The first kappa shape index (κ1) is 18.4. The summed E-state index contributed by atoms with van der Waals surface area (Å²) in [6.07, 6.45) is 5.73. The normalized spacial score (nSPS) is 27.2. The van der Waals surface area contributed by atoms with Crippen molar-refractivity contribution in [3.05, 3.63) is 42.0 Å². The van der Waals surface area contributed by atoms with Crippen LogP contribution in [0.1, 0.15) is 18.9 Å². The molecule has 2 fully saturated rings. The molecule has 1 aromatic carbocycles. The highest BCUT2D eigenvalue weighted by molar-refractivity contribution is 6.08. The lowest BCUT2D eigenvalue weighted by atomic mass is 9.85. The first-order valence-electron chi connectivity index (χ1n) is 9.56. The zero-order chi connectivity index (χ0) is 19.8. The first-order valence-corrected chi connectivity index (χ1v) is 9.56. The van der Waals surface area contributed by atoms with Gasteiger partial charge in [-0.2, -0.15) is 0 Å². The van der Waals surface area contributed by atoms with Crippen LogP contribution in [0.5, 0.6) is 0 Å². The molecule has 1 saturated heterocycles. The number of rotatable bonds is 6. The van der Waals surface area contributed by atoms with E-state index >= 15 is 0 Å². The lowest BCUT2D eigenvalue weighted by Crippen LogP contribution is -2.38. The quantitative estimate of drug-likeness (QED) is 0.458. The van der Waals surface area contributed by atoms with Crippen LogP contribution in [-0.2, 0) is 30.3 Å². The monoisotopic (exact) mass is 382 g/mol. The van der Waals surface area contributed by atoms with Crippen LogP contribution in [0.3, 0.4) is 0 Å². The van der Waals surface area contributed by atoms with Gasteiger partial charge in [0.1, 0.15) is 6.54 Å². The number of likely N-dealkylation sites (tertiary alicyclic amines) is 1. The van der Waals surface area contributed by atoms with Crippen molar-refractivity contribution >= 4 is 29.4 Å². The Morgan fingerprint density at radius 3 is 2.25 bits per heavy atom. The molecule has 4 atom stereocenters. The highest BCUT2D eigenvalue weighted by Crippen LogP contribution is 2.52. The Kier molecular flexibility index (Phi) is 4.75. The molecule has 0 aromatic heterocycles. The summed E-state index contributed by atoms with van der Waals surface area (Å²) < 4.78 is 4.96. The number of anilines is 1. The maximum Gasteiger partial charge on any atom is 0.326 e. The van der Waals surface area contributed by atoms with Gasteiger partial charge in [-0.05, 0) is 42.4 Å². The number of carbonyl (C=O) groups excluding carboxylic acids is 4. The van der Waals surface area contributed by atoms with Crippen LogP contribution in [0.15, 0.2) is 36.4 Å². The van der Waals surface area contributed by atoms with Gasteiger partial charge >= 0.3 is 5.97 Å². The Balaban J connectivity index is 1.27. The second kappa shape index (κ2) is 7.22. The van der Waals surface area contributed by atoms with Gasteiger partial charge < -0.3 is 10.1 Å². The standard InChI is InChI=1S/C21H22N2O5/c1-2-12-3-7-15(8-4-12)22-16(24)11-28-17(25)10-23-20(26)18-13-5-6-14(9-13)19(18)21(23)27/h3-8,13-14,18-19H,2,9-11H2,1H3,(H,22,24)/t13-,14+,18-,19+. The van der Waals surface area contributed by atoms with Crippen molar-refractivity contribution in [3.63, 3.8) is 0 Å². The van der Waals surface area contributed by atoms with E-state index in [1.807, 2.05) is 31.2 Å². The van der Waals surface area contributed by atoms with Crippen LogP contribution < -0.4 is 5.32 Å². The molecule has 4 rings (SSSR count). The van der Waals surface area contributed by atoms with E-state index in [0.717, 1.165) is 23.3 Å². The second-order valence-corrected chi connectivity index (χ2v) is 7.52. The third-order valence-electron chi connectivity index (χ3n) is 5.86. The molecule has 28 heavy (non-hydrogen) atoms. The summed E-state index contributed by atoms with van der Waals surface area (Å²) in [6.45, 7) is 1.13. The maximum absolute atomic E-state index is 12.5. The molecular formula is C21H22N2O5. The number of imide groups is 1. The fraction of sp³-hybridized carbons (Fsp3) is 0.429. The molecular weight excluding hydrogens is 360 g/mol. The largest absolute Gasteiger partial charge is 0.454 e. The number of ether oxygens (including phenoxy) is 1. The highest BCUT2D eigenvalue weighted by Gasteiger charge is 2.59. The lowest BCUT2D eigenvalue weighted by molar-refractivity contribution is -0.154. The Morgan fingerprint density at radius 1 is 1.07 bits per heavy atom. The molecule has 1 aliphatic heterocycles. The molecule has 1 saturated carbocycles. The van der Waals surface area contributed by atoms with Gasteiger partial charge in [-0.25, -0.2) is 0 Å². The summed E-state index contributed by atoms with van der Waals surface area (Å²) in [4.78, 5) is 50.1. The van der Waals surface area contributed by atoms with E-state index in [1.54, 1.807) is 12.1 Å². The van der Waals surface area contributed by atoms with E-state index in [1.165, 1.54) is 0 Å². The highest BCUT2D eigenvalue weighted by atomic mass is 16.5. The zero-order valence-electron chi connectivity index (χ0n) is 15.6. The molecule has 1 aromatic rings. The van der Waals surface area contributed by atoms with E-state index in [9.17, 15) is 19.2 Å². The third-order valence-corrected chi connectivity index (χ3v) is 5.86. The first-order chi connectivity index (χ1) is 13.5. The number of allylic oxidation sites excluding steroid dienone is 2. The van der Waals surface area contributed by atoms with Crippen LogP contribution in [0.2, 0.25) is 0 Å². The van der Waals surface area contributed by atoms with Gasteiger partial charge in [0.15, 0.2) is 6.61 Å². The van der Waals surface area contributed by atoms with Crippen LogP contribution in [-0.4, -0.2) is 41.7 Å². The number of aryl methyl sites for hydroxylation is 1. The number of carbonyl (C=O) groups is 4. The zero-order valence-corrected chi connectivity index (χ0v) is 15.6. The summed E-state index contributed by atoms with van der Waals surface area (Å²) in [5.41, 5.74) is 1.76. The molecule has 0 radical (unpaired) electrons. The summed E-state index contributed by atoms with van der Waals surface area (Å²) in [5.74, 6) is -2.34. The number of hydrogen-bond donors (Lipinski definition) is 1. The minimum atomic E-state index is -0.765. The van der Waals surface area contributed by atoms with Crippen LogP contribution in [0, 0.1) is 23.7 Å². The number of fused-ring (bicyclic) bond motifs is 5. The number of hydrogen-bond acceptors (Lipinski definition) is 5. The average Bonchev–Trinajstić information content (AvgIpc) is 3.37. The minimum absolute atomic E-state index is 0.0948. The molecule has 3 aliphatic rings. The summed E-state index contributed by atoms with van der Waals surface area (Å²) in [6, 6.07) is 7.37. The maximum atomic E-state index is 12.5. The van der Waals surface area contributed by atoms with E-state index < -0.39 is 25.0 Å². The third kappa shape index (κ3) is 3.21. The van der Waals surface area contributed by atoms with Crippen molar-refractivity contribution in [3.8, 4) is 0 Å². The molecule has 146 valence electrons. The van der Waals surface area contributed by atoms with Gasteiger partial charge in [0.2, 0.25) is 11.8 Å². The van der Waals surface area contributed by atoms with Crippen LogP contribution in [0.4, 0.5) is 5.69 Å². The summed E-state index contributed by atoms with van der Waals surface area (Å²) >= 11 is 0. The van der Waals surface area contributed by atoms with E-state index in [0.29, 0.717) is 5.69 Å². The molecule has 0 spiro atoms. The predicted octanol–water partition coefficient (Wildman–Crippen LogP) is 1.54. The molecule has 2 bridgehead atoms. The van der Waals surface area contributed by atoms with E-state index in [2.05, 4.69) is 5.32 Å². The molecule has 7 nitrogen and oxygen atoms in total. The molecule has 1 heterocycles. The Bertz CT molecular complexity index is 830. The van der Waals surface area contributed by atoms with Crippen molar-refractivity contribution in [2.24, 2.45) is 23.7 Å². The number of amides is 3. The molecule has 0 unspecified atom stereocenters. The summed E-state index contributed by atoms with van der Waals surface area (Å²) in [7, 11) is 0. The van der Waals surface area contributed by atoms with Crippen molar-refractivity contribution in [2.75, 3.05) is 18.5 Å². The van der Waals surface area contributed by atoms with Gasteiger partial charge in [-0.3, -0.25) is 24.1 Å². The Hall–Kier alpha value is -2.96. The van der Waals surface area contributed by atoms with Crippen molar-refractivity contribution in [1.82, 2.24) is 4.90 Å². The SMILES string of the molecule is CCc1ccc(NC(=O)COC(=O)CN2C(=O)[C@@H]3[C@H](C2=O)[C@@H]2C=C[C@H]3C2)cc1. The van der Waals surface area contributed by atoms with Gasteiger partial charge in [-0.1, -0.05) is 31.2 Å². The molecule has 3 amide bonds. The van der Waals surface area contributed by atoms with Crippen LogP contribution in [0.25, 0.3) is 0 Å². The van der Waals surface area contributed by atoms with Gasteiger partial charge in [0.05, 0.1) is 11.8 Å². The number of nitrogens with zero attached hydrogens (tertiary/aromatic N) is 1. The van der Waals surface area contributed by atoms with E-state index in [-0.39, 0.29) is 35.5 Å². The number of benzene rings is 1. The minimum Gasteiger partial charge on any atom is -0.454 e. The summed E-state index contributed by atoms with van der Waals surface area (Å²) in [5, 5.41) is 2.64. The van der Waals surface area contributed by atoms with Crippen molar-refractivity contribution in [1.29, 1.82) is 0 Å². The fourth-order valence-electron chi connectivity index (χ4n) is 4.46. The van der Waals surface area contributed by atoms with Gasteiger partial charge in [0.25, 0.3) is 5.91 Å². The predicted molar refractivity (Wildman–Crippen MR) is 99.8 cm³/mol. The Morgan fingerprint density at radius 2 is 1.68 bits per heavy atom. The molecule has 1 N–H and O–H groups in total. The van der Waals surface area contributed by atoms with E-state index in [4.69, 9.17) is 4.74 Å². The fourth-order valence-corrected chi connectivity index (χ4v) is 4.46. The number of nitrogens with one attached hydrogen (secondary N) is 1. The second-order valence-electron chi connectivity index (χ2n) is 7.52. The van der Waals surface area contributed by atoms with Gasteiger partial charge in [-0.15, -0.1) is 0 Å². The average molecular weight is 382 g/mol. The number of esters is 1. The smallest absolute Gasteiger partial charge is 0.326 e. The molecule has 7 heteroatoms. The van der Waals surface area contributed by atoms with Crippen LogP contribution >= 0.6 is 0 Å². The lowest BCUT2D eigenvalue weighted by Gasteiger charge is -2.16. The van der Waals surface area contributed by atoms with Crippen molar-refractivity contribution < 1.29 is 23.9 Å². The Labute approximate surface area is 162 Å². The van der Waals surface area contributed by atoms with Gasteiger partial charge in [0, 0.05) is 5.69 Å². The van der Waals surface area contributed by atoms with Crippen molar-refractivity contribution in [2.45, 2.75) is 19.8 Å². The topological polar surface area (TPSA) is 92.8 Å².